The fraction of sp³-hybridized carbons (Fsp3) is 0.250. The molecule has 28 heavy (non-hydrogen) atoms. The number of benzene rings is 2. The van der Waals surface area contributed by atoms with Crippen molar-refractivity contribution >= 4 is 22.5 Å². The topological polar surface area (TPSA) is 106 Å². The number of hydrogen-bond acceptors (Lipinski definition) is 6. The summed E-state index contributed by atoms with van der Waals surface area (Å²) in [6.07, 6.45) is 0.836. The van der Waals surface area contributed by atoms with Gasteiger partial charge in [-0.3, -0.25) is 4.79 Å². The average molecular weight is 383 g/mol. The number of nitrogens with one attached hydrogen (secondary N) is 1. The number of aromatic nitrogens is 1. The number of rotatable bonds is 6. The molecule has 0 saturated carbocycles. The van der Waals surface area contributed by atoms with E-state index in [1.54, 1.807) is 0 Å². The number of carbonyl (C=O) groups excluding carboxylic acids is 1. The number of methoxy groups -OCH3 is 3. The van der Waals surface area contributed by atoms with E-state index >= 15 is 0 Å². The highest BCUT2D eigenvalue weighted by Crippen LogP contribution is 2.39. The Labute approximate surface area is 161 Å². The standard InChI is InChI=1S/C20H21N3O5/c1-5-11-6-7-14-13(8-11)17(20(25)21-14)22-23-19(24)12-9-15(26-2)18(28-4)16(10-12)27-3/h6-10,21,25H,5H2,1-4H3. The molecular formula is C20H21N3O5. The highest BCUT2D eigenvalue weighted by molar-refractivity contribution is 5.98. The minimum Gasteiger partial charge on any atom is -0.493 e. The van der Waals surface area contributed by atoms with Crippen LogP contribution in [0.25, 0.3) is 10.9 Å². The molecule has 0 saturated heterocycles. The second-order valence-corrected chi connectivity index (χ2v) is 5.97. The van der Waals surface area contributed by atoms with Crippen molar-refractivity contribution in [1.82, 2.24) is 4.98 Å². The molecule has 8 nitrogen and oxygen atoms in total. The lowest BCUT2D eigenvalue weighted by Crippen LogP contribution is -2.00. The third kappa shape index (κ3) is 3.48. The maximum Gasteiger partial charge on any atom is 0.295 e. The van der Waals surface area contributed by atoms with Gasteiger partial charge in [-0.1, -0.05) is 13.0 Å². The second-order valence-electron chi connectivity index (χ2n) is 5.97. The molecule has 0 spiro atoms. The lowest BCUT2D eigenvalue weighted by Gasteiger charge is -2.12. The summed E-state index contributed by atoms with van der Waals surface area (Å²) < 4.78 is 15.7. The van der Waals surface area contributed by atoms with Crippen molar-refractivity contribution in [2.75, 3.05) is 21.3 Å². The Morgan fingerprint density at radius 2 is 1.75 bits per heavy atom. The SMILES string of the molecule is CCc1ccc2[nH]c(O)c(N=NC(=O)c3cc(OC)c(OC)c(OC)c3)c2c1. The predicted molar refractivity (Wildman–Crippen MR) is 104 cm³/mol. The fourth-order valence-corrected chi connectivity index (χ4v) is 2.89. The van der Waals surface area contributed by atoms with Gasteiger partial charge in [0.1, 0.15) is 0 Å². The molecule has 1 amide bonds. The van der Waals surface area contributed by atoms with E-state index in [0.717, 1.165) is 12.0 Å². The Morgan fingerprint density at radius 1 is 1.07 bits per heavy atom. The fourth-order valence-electron chi connectivity index (χ4n) is 2.89. The Hall–Kier alpha value is -3.55. The van der Waals surface area contributed by atoms with Crippen LogP contribution in [0.15, 0.2) is 40.6 Å². The van der Waals surface area contributed by atoms with Gasteiger partial charge in [-0.15, -0.1) is 10.2 Å². The first-order valence-corrected chi connectivity index (χ1v) is 8.62. The molecule has 0 atom stereocenters. The molecule has 3 aromatic rings. The molecule has 2 N–H and O–H groups in total. The molecule has 0 fully saturated rings. The number of hydrogen-bond donors (Lipinski definition) is 2. The molecular weight excluding hydrogens is 362 g/mol. The Kier molecular flexibility index (Phi) is 5.49. The number of azo groups is 1. The van der Waals surface area contributed by atoms with Gasteiger partial charge in [0.15, 0.2) is 17.2 Å². The molecule has 0 bridgehead atoms. The van der Waals surface area contributed by atoms with Gasteiger partial charge in [-0.25, -0.2) is 0 Å². The van der Waals surface area contributed by atoms with Gasteiger partial charge >= 0.3 is 0 Å². The number of fused-ring (bicyclic) bond motifs is 1. The summed E-state index contributed by atoms with van der Waals surface area (Å²) in [5, 5.41) is 18.6. The average Bonchev–Trinajstić information content (AvgIpc) is 3.04. The Bertz CT molecular complexity index is 1030. The van der Waals surface area contributed by atoms with Crippen molar-refractivity contribution in [2.45, 2.75) is 13.3 Å². The molecule has 3 rings (SSSR count). The quantitative estimate of drug-likeness (QED) is 0.614. The number of carbonyl (C=O) groups is 1. The van der Waals surface area contributed by atoms with Gasteiger partial charge < -0.3 is 24.3 Å². The number of amides is 1. The summed E-state index contributed by atoms with van der Waals surface area (Å²) >= 11 is 0. The van der Waals surface area contributed by atoms with Crippen LogP contribution in [-0.2, 0) is 6.42 Å². The van der Waals surface area contributed by atoms with Crippen molar-refractivity contribution in [3.8, 4) is 23.1 Å². The molecule has 8 heteroatoms. The smallest absolute Gasteiger partial charge is 0.295 e. The van der Waals surface area contributed by atoms with E-state index in [2.05, 4.69) is 15.2 Å². The van der Waals surface area contributed by atoms with E-state index in [0.29, 0.717) is 28.2 Å². The summed E-state index contributed by atoms with van der Waals surface area (Å²) in [5.41, 5.74) is 2.22. The number of aromatic hydroxyl groups is 1. The maximum absolute atomic E-state index is 12.5. The normalized spacial score (nSPS) is 11.1. The van der Waals surface area contributed by atoms with Crippen molar-refractivity contribution in [1.29, 1.82) is 0 Å². The summed E-state index contributed by atoms with van der Waals surface area (Å²) in [6.45, 7) is 2.03. The lowest BCUT2D eigenvalue weighted by molar-refractivity contribution is 0.0994. The molecule has 1 aromatic heterocycles. The van der Waals surface area contributed by atoms with E-state index in [4.69, 9.17) is 14.2 Å². The predicted octanol–water partition coefficient (Wildman–Crippen LogP) is 4.39. The number of aryl methyl sites for hydroxylation is 1. The van der Waals surface area contributed by atoms with Gasteiger partial charge in [-0.2, -0.15) is 0 Å². The van der Waals surface area contributed by atoms with E-state index in [1.165, 1.54) is 33.5 Å². The van der Waals surface area contributed by atoms with Crippen LogP contribution in [0.1, 0.15) is 22.8 Å². The highest BCUT2D eigenvalue weighted by Gasteiger charge is 2.17. The van der Waals surface area contributed by atoms with Crippen LogP contribution in [0.2, 0.25) is 0 Å². The summed E-state index contributed by atoms with van der Waals surface area (Å²) in [7, 11) is 4.40. The molecule has 0 aliphatic rings. The number of aromatic amines is 1. The molecule has 146 valence electrons. The molecule has 2 aromatic carbocycles. The van der Waals surface area contributed by atoms with Crippen molar-refractivity contribution < 1.29 is 24.1 Å². The number of ether oxygens (including phenoxy) is 3. The van der Waals surface area contributed by atoms with E-state index in [-0.39, 0.29) is 17.1 Å². The Morgan fingerprint density at radius 3 is 2.32 bits per heavy atom. The summed E-state index contributed by atoms with van der Waals surface area (Å²) in [5.74, 6) is 0.287. The van der Waals surface area contributed by atoms with Crippen LogP contribution >= 0.6 is 0 Å². The minimum absolute atomic E-state index is 0.148. The van der Waals surface area contributed by atoms with E-state index in [9.17, 15) is 9.90 Å². The highest BCUT2D eigenvalue weighted by atomic mass is 16.5. The van der Waals surface area contributed by atoms with E-state index < -0.39 is 5.91 Å². The monoisotopic (exact) mass is 383 g/mol. The van der Waals surface area contributed by atoms with Gasteiger partial charge in [-0.05, 0) is 36.2 Å². The van der Waals surface area contributed by atoms with Gasteiger partial charge in [0.2, 0.25) is 11.6 Å². The van der Waals surface area contributed by atoms with Crippen molar-refractivity contribution in [3.63, 3.8) is 0 Å². The zero-order valence-electron chi connectivity index (χ0n) is 16.1. The number of H-pyrrole nitrogens is 1. The minimum atomic E-state index is -0.611. The van der Waals surface area contributed by atoms with Crippen LogP contribution in [-0.4, -0.2) is 37.3 Å². The molecule has 0 unspecified atom stereocenters. The third-order valence-electron chi connectivity index (χ3n) is 4.38. The third-order valence-corrected chi connectivity index (χ3v) is 4.38. The zero-order valence-corrected chi connectivity index (χ0v) is 16.1. The first-order valence-electron chi connectivity index (χ1n) is 8.62. The second kappa shape index (κ2) is 7.99. The van der Waals surface area contributed by atoms with Crippen LogP contribution in [0.3, 0.4) is 0 Å². The summed E-state index contributed by atoms with van der Waals surface area (Å²) in [6, 6.07) is 8.71. The molecule has 0 aliphatic carbocycles. The van der Waals surface area contributed by atoms with Crippen LogP contribution in [0.4, 0.5) is 5.69 Å². The lowest BCUT2D eigenvalue weighted by atomic mass is 10.1. The molecule has 0 radical (unpaired) electrons. The maximum atomic E-state index is 12.5. The van der Waals surface area contributed by atoms with Crippen LogP contribution in [0, 0.1) is 0 Å². The van der Waals surface area contributed by atoms with E-state index in [1.807, 2.05) is 25.1 Å². The van der Waals surface area contributed by atoms with Gasteiger partial charge in [0.05, 0.1) is 32.4 Å². The van der Waals surface area contributed by atoms with Crippen LogP contribution < -0.4 is 14.2 Å². The first kappa shape index (κ1) is 19.2. The largest absolute Gasteiger partial charge is 0.493 e. The van der Waals surface area contributed by atoms with Crippen molar-refractivity contribution in [3.05, 3.63) is 41.5 Å². The zero-order chi connectivity index (χ0) is 20.3. The van der Waals surface area contributed by atoms with Gasteiger partial charge in [0.25, 0.3) is 5.91 Å². The number of nitrogens with zero attached hydrogens (tertiary/aromatic N) is 2. The molecule has 1 heterocycles. The Balaban J connectivity index is 1.98. The molecule has 0 aliphatic heterocycles. The van der Waals surface area contributed by atoms with Gasteiger partial charge in [0, 0.05) is 5.39 Å². The summed E-state index contributed by atoms with van der Waals surface area (Å²) in [4.78, 5) is 15.4. The van der Waals surface area contributed by atoms with Crippen LogP contribution in [0.5, 0.6) is 23.1 Å². The first-order chi connectivity index (χ1) is 13.5. The van der Waals surface area contributed by atoms with Crippen molar-refractivity contribution in [2.24, 2.45) is 10.2 Å².